The Morgan fingerprint density at radius 1 is 1.16 bits per heavy atom. The third-order valence-corrected chi connectivity index (χ3v) is 10.3. The number of cyclic esters (lactones) is 1. The molecule has 0 bridgehead atoms. The zero-order valence-electron chi connectivity index (χ0n) is 25.1. The van der Waals surface area contributed by atoms with Crippen molar-refractivity contribution in [2.45, 2.75) is 137 Å². The van der Waals surface area contributed by atoms with Gasteiger partial charge in [-0.05, 0) is 67.3 Å². The summed E-state index contributed by atoms with van der Waals surface area (Å²) in [7, 11) is 0. The van der Waals surface area contributed by atoms with Gasteiger partial charge in [0, 0.05) is 24.3 Å². The van der Waals surface area contributed by atoms with Crippen molar-refractivity contribution in [3.8, 4) is 0 Å². The number of aliphatic hydroxyl groups excluding tert-OH is 1. The van der Waals surface area contributed by atoms with E-state index < -0.39 is 17.1 Å². The van der Waals surface area contributed by atoms with E-state index in [1.54, 1.807) is 6.08 Å². The Hall–Kier alpha value is -1.40. The number of ether oxygens (including phenoxy) is 2. The van der Waals surface area contributed by atoms with Gasteiger partial charge in [0.1, 0.15) is 12.7 Å². The highest BCUT2D eigenvalue weighted by Gasteiger charge is 2.69. The Morgan fingerprint density at radius 3 is 2.45 bits per heavy atom. The molecule has 1 aliphatic heterocycles. The standard InChI is InChI=1S/C32H54O6/c1-21(2)10-8-11-22(3)12-9-15-31-27(34)14-16-30(6,7)29(31)26(38-24(5)33)18-23(4)32(31,36)17-13-25-19-28(35)37-20-25/h19,21-23,26-27,29,34,36H,8-18,20H2,1-7H3. The minimum Gasteiger partial charge on any atom is -0.462 e. The molecule has 3 rings (SSSR count). The first kappa shape index (κ1) is 31.1. The van der Waals surface area contributed by atoms with Crippen LogP contribution in [0.5, 0.6) is 0 Å². The molecule has 38 heavy (non-hydrogen) atoms. The van der Waals surface area contributed by atoms with Crippen LogP contribution in [0.1, 0.15) is 119 Å². The van der Waals surface area contributed by atoms with E-state index in [9.17, 15) is 19.8 Å². The third-order valence-electron chi connectivity index (χ3n) is 10.3. The van der Waals surface area contributed by atoms with Crippen LogP contribution >= 0.6 is 0 Å². The van der Waals surface area contributed by atoms with Gasteiger partial charge in [0.05, 0.1) is 11.7 Å². The van der Waals surface area contributed by atoms with Crippen molar-refractivity contribution in [1.29, 1.82) is 0 Å². The van der Waals surface area contributed by atoms with Crippen LogP contribution in [-0.4, -0.2) is 46.6 Å². The average Bonchev–Trinajstić information content (AvgIpc) is 3.23. The summed E-state index contributed by atoms with van der Waals surface area (Å²) in [5.41, 5.74) is -1.26. The predicted octanol–water partition coefficient (Wildman–Crippen LogP) is 6.37. The summed E-state index contributed by atoms with van der Waals surface area (Å²) < 4.78 is 11.1. The van der Waals surface area contributed by atoms with Gasteiger partial charge in [-0.1, -0.05) is 73.6 Å². The number of aliphatic hydroxyl groups is 2. The maximum atomic E-state index is 12.8. The summed E-state index contributed by atoms with van der Waals surface area (Å²) in [6.45, 7) is 15.1. The molecule has 1 heterocycles. The monoisotopic (exact) mass is 534 g/mol. The van der Waals surface area contributed by atoms with Crippen LogP contribution in [0.4, 0.5) is 0 Å². The van der Waals surface area contributed by atoms with Gasteiger partial charge in [-0.25, -0.2) is 4.79 Å². The summed E-state index contributed by atoms with van der Waals surface area (Å²) in [5.74, 6) is 0.348. The molecular weight excluding hydrogens is 480 g/mol. The molecule has 0 amide bonds. The molecule has 2 saturated carbocycles. The minimum absolute atomic E-state index is 0.157. The molecule has 0 aromatic rings. The topological polar surface area (TPSA) is 93.1 Å². The van der Waals surface area contributed by atoms with E-state index in [0.717, 1.165) is 24.8 Å². The number of rotatable bonds is 12. The van der Waals surface area contributed by atoms with Crippen LogP contribution < -0.4 is 0 Å². The van der Waals surface area contributed by atoms with Gasteiger partial charge < -0.3 is 19.7 Å². The molecule has 0 aromatic carbocycles. The largest absolute Gasteiger partial charge is 0.462 e. The Kier molecular flexibility index (Phi) is 10.2. The number of fused-ring (bicyclic) bond motifs is 1. The molecule has 7 unspecified atom stereocenters. The van der Waals surface area contributed by atoms with Gasteiger partial charge in [-0.15, -0.1) is 0 Å². The van der Waals surface area contributed by atoms with Gasteiger partial charge in [-0.3, -0.25) is 4.79 Å². The first-order chi connectivity index (χ1) is 17.7. The van der Waals surface area contributed by atoms with Crippen molar-refractivity contribution in [2.75, 3.05) is 6.61 Å². The predicted molar refractivity (Wildman–Crippen MR) is 149 cm³/mol. The normalized spacial score (nSPS) is 35.4. The first-order valence-corrected chi connectivity index (χ1v) is 15.2. The molecule has 2 aliphatic carbocycles. The Bertz CT molecular complexity index is 862. The van der Waals surface area contributed by atoms with Gasteiger partial charge in [0.25, 0.3) is 0 Å². The summed E-state index contributed by atoms with van der Waals surface area (Å²) in [5, 5.41) is 24.7. The lowest BCUT2D eigenvalue weighted by atomic mass is 9.40. The summed E-state index contributed by atoms with van der Waals surface area (Å²) >= 11 is 0. The van der Waals surface area contributed by atoms with E-state index in [1.807, 2.05) is 6.92 Å². The summed E-state index contributed by atoms with van der Waals surface area (Å²) in [4.78, 5) is 23.9. The van der Waals surface area contributed by atoms with Crippen LogP contribution in [0.3, 0.4) is 0 Å². The van der Waals surface area contributed by atoms with Crippen LogP contribution in [-0.2, 0) is 19.1 Å². The molecule has 7 atom stereocenters. The smallest absolute Gasteiger partial charge is 0.331 e. The van der Waals surface area contributed by atoms with Crippen molar-refractivity contribution < 1.29 is 29.3 Å². The maximum Gasteiger partial charge on any atom is 0.331 e. The molecule has 3 aliphatic rings. The maximum absolute atomic E-state index is 12.8. The van der Waals surface area contributed by atoms with E-state index in [2.05, 4.69) is 34.6 Å². The van der Waals surface area contributed by atoms with Crippen molar-refractivity contribution in [3.05, 3.63) is 11.6 Å². The molecule has 2 N–H and O–H groups in total. The number of carbonyl (C=O) groups excluding carboxylic acids is 2. The van der Waals surface area contributed by atoms with Gasteiger partial charge in [-0.2, -0.15) is 0 Å². The number of hydrogen-bond donors (Lipinski definition) is 2. The second kappa shape index (κ2) is 12.4. The van der Waals surface area contributed by atoms with Crippen LogP contribution in [0.25, 0.3) is 0 Å². The molecule has 6 heteroatoms. The molecule has 0 aromatic heterocycles. The van der Waals surface area contributed by atoms with Crippen LogP contribution in [0.2, 0.25) is 0 Å². The molecule has 2 fully saturated rings. The Labute approximate surface area is 230 Å². The molecule has 0 saturated heterocycles. The number of carbonyl (C=O) groups is 2. The van der Waals surface area contributed by atoms with E-state index >= 15 is 0 Å². The fraction of sp³-hybridized carbons (Fsp3) is 0.875. The Balaban J connectivity index is 1.95. The highest BCUT2D eigenvalue weighted by Crippen LogP contribution is 2.66. The third kappa shape index (κ3) is 6.49. The SMILES string of the molecule is CC(=O)OC1CC(C)C(O)(CCC2=CC(=O)OC2)C2(CCCC(C)CCCC(C)C)C(O)CCC(C)(C)C12. The highest BCUT2D eigenvalue weighted by molar-refractivity contribution is 5.85. The van der Waals surface area contributed by atoms with Gasteiger partial charge in [0.15, 0.2) is 0 Å². The quantitative estimate of drug-likeness (QED) is 0.283. The van der Waals surface area contributed by atoms with Crippen molar-refractivity contribution >= 4 is 11.9 Å². The fourth-order valence-corrected chi connectivity index (χ4v) is 8.38. The van der Waals surface area contributed by atoms with Gasteiger partial charge >= 0.3 is 11.9 Å². The molecule has 0 spiro atoms. The summed E-state index contributed by atoms with van der Waals surface area (Å²) in [6, 6.07) is 0. The second-order valence-electron chi connectivity index (χ2n) is 14.0. The van der Waals surface area contributed by atoms with E-state index in [1.165, 1.54) is 26.2 Å². The molecule has 218 valence electrons. The average molecular weight is 535 g/mol. The molecular formula is C32H54O6. The Morgan fingerprint density at radius 2 is 1.84 bits per heavy atom. The second-order valence-corrected chi connectivity index (χ2v) is 14.0. The van der Waals surface area contributed by atoms with E-state index in [4.69, 9.17) is 9.47 Å². The number of hydrogen-bond acceptors (Lipinski definition) is 6. The lowest BCUT2D eigenvalue weighted by molar-refractivity contribution is -0.291. The highest BCUT2D eigenvalue weighted by atomic mass is 16.5. The summed E-state index contributed by atoms with van der Waals surface area (Å²) in [6.07, 6.45) is 9.88. The zero-order valence-corrected chi connectivity index (χ0v) is 25.1. The fourth-order valence-electron chi connectivity index (χ4n) is 8.38. The number of esters is 2. The lowest BCUT2D eigenvalue weighted by Crippen LogP contribution is -2.72. The lowest BCUT2D eigenvalue weighted by Gasteiger charge is -2.67. The van der Waals surface area contributed by atoms with Gasteiger partial charge in [0.2, 0.25) is 0 Å². The van der Waals surface area contributed by atoms with E-state index in [0.29, 0.717) is 43.9 Å². The zero-order chi connectivity index (χ0) is 28.3. The van der Waals surface area contributed by atoms with Crippen molar-refractivity contribution in [2.24, 2.45) is 34.5 Å². The van der Waals surface area contributed by atoms with Crippen molar-refractivity contribution in [1.82, 2.24) is 0 Å². The van der Waals surface area contributed by atoms with Crippen molar-refractivity contribution in [3.63, 3.8) is 0 Å². The minimum atomic E-state index is -1.15. The molecule has 0 radical (unpaired) electrons. The molecule has 6 nitrogen and oxygen atoms in total. The van der Waals surface area contributed by atoms with Crippen LogP contribution in [0, 0.1) is 34.5 Å². The first-order valence-electron chi connectivity index (χ1n) is 15.2. The van der Waals surface area contributed by atoms with Crippen LogP contribution in [0.15, 0.2) is 11.6 Å². The van der Waals surface area contributed by atoms with E-state index in [-0.39, 0.29) is 41.9 Å².